The van der Waals surface area contributed by atoms with Gasteiger partial charge in [0.2, 0.25) is 0 Å². The first kappa shape index (κ1) is 22.5. The summed E-state index contributed by atoms with van der Waals surface area (Å²) in [7, 11) is 0. The molecule has 1 aromatic heterocycles. The van der Waals surface area contributed by atoms with Gasteiger partial charge in [0.1, 0.15) is 5.82 Å². The summed E-state index contributed by atoms with van der Waals surface area (Å²) in [4.78, 5) is 23.9. The van der Waals surface area contributed by atoms with E-state index in [1.807, 2.05) is 44.2 Å². The molecule has 1 amide bonds. The number of carbonyl (C=O) groups is 2. The van der Waals surface area contributed by atoms with E-state index in [1.54, 1.807) is 16.7 Å². The quantitative estimate of drug-likeness (QED) is 0.402. The van der Waals surface area contributed by atoms with Crippen molar-refractivity contribution in [2.45, 2.75) is 31.5 Å². The topological polar surface area (TPSA) is 86.1 Å². The second-order valence-corrected chi connectivity index (χ2v) is 7.75. The summed E-state index contributed by atoms with van der Waals surface area (Å²) >= 11 is 1.15. The van der Waals surface area contributed by atoms with Gasteiger partial charge in [0.25, 0.3) is 5.91 Å². The molecule has 162 valence electrons. The summed E-state index contributed by atoms with van der Waals surface area (Å²) in [5.41, 5.74) is 1.49. The molecule has 3 rings (SSSR count). The predicted octanol–water partition coefficient (Wildman–Crippen LogP) is 3.62. The van der Waals surface area contributed by atoms with Crippen LogP contribution in [0, 0.1) is 5.82 Å². The maximum Gasteiger partial charge on any atom is 0.316 e. The highest BCUT2D eigenvalue weighted by molar-refractivity contribution is 7.99. The summed E-state index contributed by atoms with van der Waals surface area (Å²) in [6.45, 7) is 3.51. The van der Waals surface area contributed by atoms with Crippen LogP contribution in [0.25, 0.3) is 17.1 Å². The van der Waals surface area contributed by atoms with Gasteiger partial charge in [-0.2, -0.15) is 0 Å². The van der Waals surface area contributed by atoms with Crippen molar-refractivity contribution in [3.8, 4) is 17.1 Å². The molecule has 7 nitrogen and oxygen atoms in total. The van der Waals surface area contributed by atoms with Crippen LogP contribution in [0.1, 0.15) is 20.3 Å². The number of para-hydroxylation sites is 1. The minimum absolute atomic E-state index is 0.0230. The number of hydrogen-bond donors (Lipinski definition) is 1. The molecule has 3 aromatic rings. The first-order valence-electron chi connectivity index (χ1n) is 9.82. The van der Waals surface area contributed by atoms with Crippen molar-refractivity contribution in [3.05, 3.63) is 60.4 Å². The van der Waals surface area contributed by atoms with E-state index in [2.05, 4.69) is 15.5 Å². The number of hydrogen-bond acceptors (Lipinski definition) is 6. The largest absolute Gasteiger partial charge is 0.455 e. The zero-order chi connectivity index (χ0) is 22.2. The number of nitrogens with one attached hydrogen (secondary N) is 1. The molecule has 31 heavy (non-hydrogen) atoms. The van der Waals surface area contributed by atoms with Gasteiger partial charge in [-0.1, -0.05) is 36.9 Å². The molecule has 9 heteroatoms. The highest BCUT2D eigenvalue weighted by Gasteiger charge is 2.18. The molecule has 0 aliphatic rings. The first-order chi connectivity index (χ1) is 15.0. The molecule has 0 aliphatic carbocycles. The molecule has 0 aliphatic heterocycles. The Labute approximate surface area is 184 Å². The summed E-state index contributed by atoms with van der Waals surface area (Å²) in [6, 6.07) is 15.4. The summed E-state index contributed by atoms with van der Waals surface area (Å²) in [5, 5.41) is 11.7. The number of thioether (sulfide) groups is 1. The van der Waals surface area contributed by atoms with Gasteiger partial charge < -0.3 is 10.1 Å². The third-order valence-electron chi connectivity index (χ3n) is 4.45. The van der Waals surface area contributed by atoms with Crippen molar-refractivity contribution in [2.75, 3.05) is 12.4 Å². The Kier molecular flexibility index (Phi) is 7.77. The molecule has 1 atom stereocenters. The maximum absolute atomic E-state index is 13.3. The number of halogens is 1. The average molecular weight is 443 g/mol. The van der Waals surface area contributed by atoms with Gasteiger partial charge in [-0.25, -0.2) is 4.39 Å². The summed E-state index contributed by atoms with van der Waals surface area (Å²) in [6.07, 6.45) is 0.793. The minimum Gasteiger partial charge on any atom is -0.455 e. The lowest BCUT2D eigenvalue weighted by molar-refractivity contribution is -0.146. The smallest absolute Gasteiger partial charge is 0.316 e. The lowest BCUT2D eigenvalue weighted by atomic mass is 10.2. The first-order valence-corrected chi connectivity index (χ1v) is 10.8. The zero-order valence-corrected chi connectivity index (χ0v) is 18.1. The second kappa shape index (κ2) is 10.7. The maximum atomic E-state index is 13.3. The fourth-order valence-electron chi connectivity index (χ4n) is 2.69. The van der Waals surface area contributed by atoms with Gasteiger partial charge in [-0.05, 0) is 49.7 Å². The molecule has 0 fully saturated rings. The van der Waals surface area contributed by atoms with Crippen molar-refractivity contribution in [1.29, 1.82) is 0 Å². The molecule has 0 bridgehead atoms. The number of benzene rings is 2. The number of nitrogens with zero attached hydrogens (tertiary/aromatic N) is 3. The standard InChI is InChI=1S/C22H23FN4O3S/c1-3-15(2)24-19(28)13-30-20(29)14-31-22-26-25-21(16-9-11-17(23)12-10-16)27(22)18-7-5-4-6-8-18/h4-12,15H,3,13-14H2,1-2H3,(H,24,28). The second-order valence-electron chi connectivity index (χ2n) is 6.81. The Balaban J connectivity index is 1.72. The lowest BCUT2D eigenvalue weighted by Gasteiger charge is -2.12. The molecular formula is C22H23FN4O3S. The minimum atomic E-state index is -0.532. The normalized spacial score (nSPS) is 11.7. The number of ether oxygens (including phenoxy) is 1. The third kappa shape index (κ3) is 6.14. The van der Waals surface area contributed by atoms with E-state index in [9.17, 15) is 14.0 Å². The fraction of sp³-hybridized carbons (Fsp3) is 0.273. The predicted molar refractivity (Wildman–Crippen MR) is 116 cm³/mol. The average Bonchev–Trinajstić information content (AvgIpc) is 3.21. The van der Waals surface area contributed by atoms with Gasteiger partial charge >= 0.3 is 5.97 Å². The van der Waals surface area contributed by atoms with Gasteiger partial charge in [-0.15, -0.1) is 10.2 Å². The van der Waals surface area contributed by atoms with E-state index in [-0.39, 0.29) is 30.1 Å². The number of aromatic nitrogens is 3. The van der Waals surface area contributed by atoms with Gasteiger partial charge in [0.15, 0.2) is 17.6 Å². The number of amides is 1. The SMILES string of the molecule is CCC(C)NC(=O)COC(=O)CSc1nnc(-c2ccc(F)cc2)n1-c1ccccc1. The van der Waals surface area contributed by atoms with E-state index >= 15 is 0 Å². The highest BCUT2D eigenvalue weighted by Crippen LogP contribution is 2.28. The van der Waals surface area contributed by atoms with Crippen LogP contribution < -0.4 is 5.32 Å². The molecule has 0 spiro atoms. The Bertz CT molecular complexity index is 1020. The van der Waals surface area contributed by atoms with Gasteiger partial charge in [0, 0.05) is 17.3 Å². The van der Waals surface area contributed by atoms with Crippen molar-refractivity contribution in [2.24, 2.45) is 0 Å². The van der Waals surface area contributed by atoms with Crippen LogP contribution >= 0.6 is 11.8 Å². The Morgan fingerprint density at radius 2 is 1.84 bits per heavy atom. The zero-order valence-electron chi connectivity index (χ0n) is 17.2. The van der Waals surface area contributed by atoms with E-state index < -0.39 is 5.97 Å². The van der Waals surface area contributed by atoms with Gasteiger partial charge in [-0.3, -0.25) is 14.2 Å². The Morgan fingerprint density at radius 1 is 1.13 bits per heavy atom. The van der Waals surface area contributed by atoms with E-state index in [0.29, 0.717) is 16.5 Å². The monoisotopic (exact) mass is 442 g/mol. The Hall–Kier alpha value is -3.20. The van der Waals surface area contributed by atoms with Crippen molar-refractivity contribution < 1.29 is 18.7 Å². The van der Waals surface area contributed by atoms with E-state index in [4.69, 9.17) is 4.74 Å². The van der Waals surface area contributed by atoms with Gasteiger partial charge in [0.05, 0.1) is 5.75 Å². The van der Waals surface area contributed by atoms with Crippen molar-refractivity contribution in [3.63, 3.8) is 0 Å². The molecule has 1 unspecified atom stereocenters. The fourth-order valence-corrected chi connectivity index (χ4v) is 3.44. The van der Waals surface area contributed by atoms with Crippen molar-refractivity contribution >= 4 is 23.6 Å². The third-order valence-corrected chi connectivity index (χ3v) is 5.36. The molecule has 1 heterocycles. The molecular weight excluding hydrogens is 419 g/mol. The number of esters is 1. The molecule has 1 N–H and O–H groups in total. The van der Waals surface area contributed by atoms with Crippen LogP contribution in [0.5, 0.6) is 0 Å². The number of carbonyl (C=O) groups excluding carboxylic acids is 2. The molecule has 0 saturated heterocycles. The van der Waals surface area contributed by atoms with Crippen LogP contribution in [0.15, 0.2) is 59.8 Å². The summed E-state index contributed by atoms with van der Waals surface area (Å²) in [5.74, 6) is -0.724. The van der Waals surface area contributed by atoms with Crippen LogP contribution in [0.4, 0.5) is 4.39 Å². The highest BCUT2D eigenvalue weighted by atomic mass is 32.2. The molecule has 0 radical (unpaired) electrons. The molecule has 2 aromatic carbocycles. The van der Waals surface area contributed by atoms with Crippen molar-refractivity contribution in [1.82, 2.24) is 20.1 Å². The Morgan fingerprint density at radius 3 is 2.52 bits per heavy atom. The van der Waals surface area contributed by atoms with Crippen LogP contribution in [0.2, 0.25) is 0 Å². The van der Waals surface area contributed by atoms with E-state index in [1.165, 1.54) is 12.1 Å². The van der Waals surface area contributed by atoms with E-state index in [0.717, 1.165) is 23.9 Å². The van der Waals surface area contributed by atoms with Crippen LogP contribution in [-0.2, 0) is 14.3 Å². The molecule has 0 saturated carbocycles. The van der Waals surface area contributed by atoms with Crippen LogP contribution in [0.3, 0.4) is 0 Å². The van der Waals surface area contributed by atoms with Crippen LogP contribution in [-0.4, -0.2) is 45.0 Å². The number of rotatable bonds is 9. The summed E-state index contributed by atoms with van der Waals surface area (Å²) < 4.78 is 20.2. The lowest BCUT2D eigenvalue weighted by Crippen LogP contribution is -2.35.